The van der Waals surface area contributed by atoms with Crippen LogP contribution in [0.15, 0.2) is 42.5 Å². The maximum atomic E-state index is 12.9. The van der Waals surface area contributed by atoms with Crippen LogP contribution in [0.25, 0.3) is 0 Å². The van der Waals surface area contributed by atoms with Crippen LogP contribution in [-0.4, -0.2) is 68.6 Å². The Balaban J connectivity index is 1.56. The van der Waals surface area contributed by atoms with Gasteiger partial charge in [0.2, 0.25) is 15.9 Å². The Labute approximate surface area is 209 Å². The molecule has 0 spiro atoms. The largest absolute Gasteiger partial charge is 0.483 e. The average molecular weight is 528 g/mol. The van der Waals surface area contributed by atoms with Crippen LogP contribution in [-0.2, 0) is 32.6 Å². The summed E-state index contributed by atoms with van der Waals surface area (Å²) >= 11 is 12.0. The number of benzene rings is 2. The lowest BCUT2D eigenvalue weighted by atomic mass is 10.1. The predicted octanol–water partition coefficient (Wildman–Crippen LogP) is 2.72. The highest BCUT2D eigenvalue weighted by atomic mass is 35.5. The Morgan fingerprint density at radius 3 is 2.41 bits per heavy atom. The first-order valence-corrected chi connectivity index (χ1v) is 13.3. The van der Waals surface area contributed by atoms with Crippen LogP contribution in [0.5, 0.6) is 5.75 Å². The van der Waals surface area contributed by atoms with Crippen LogP contribution in [0, 0.1) is 0 Å². The van der Waals surface area contributed by atoms with Crippen molar-refractivity contribution in [3.63, 3.8) is 0 Å². The number of ether oxygens (including phenoxy) is 1. The summed E-state index contributed by atoms with van der Waals surface area (Å²) in [6, 6.07) is 12.4. The van der Waals surface area contributed by atoms with Crippen molar-refractivity contribution in [1.29, 1.82) is 0 Å². The van der Waals surface area contributed by atoms with E-state index in [4.69, 9.17) is 27.9 Å². The molecule has 0 saturated carbocycles. The molecule has 184 valence electrons. The standard InChI is InChI=1S/C23H27Cl2N3O5S/c1-16-13-27(14-17-3-5-19(24)6-4-17)9-10-28(16)23(30)15-33-21-8-7-20(25)11-18(21)12-22(29)26-34(2,31)32/h3-8,11,16H,9-10,12-15H2,1-2H3,(H,26,29)/t16-/m1/s1. The van der Waals surface area contributed by atoms with E-state index in [2.05, 4.69) is 4.90 Å². The van der Waals surface area contributed by atoms with Gasteiger partial charge >= 0.3 is 0 Å². The zero-order chi connectivity index (χ0) is 24.9. The lowest BCUT2D eigenvalue weighted by Gasteiger charge is -2.40. The molecule has 2 aromatic carbocycles. The number of nitrogens with one attached hydrogen (secondary N) is 1. The third-order valence-electron chi connectivity index (χ3n) is 5.38. The molecule has 1 aliphatic heterocycles. The number of piperazine rings is 1. The second-order valence-electron chi connectivity index (χ2n) is 8.31. The number of carbonyl (C=O) groups is 2. The van der Waals surface area contributed by atoms with E-state index in [0.29, 0.717) is 27.9 Å². The summed E-state index contributed by atoms with van der Waals surface area (Å²) in [4.78, 5) is 28.9. The summed E-state index contributed by atoms with van der Waals surface area (Å²) in [6.07, 6.45) is 0.645. The second-order valence-corrected chi connectivity index (χ2v) is 10.9. The third-order valence-corrected chi connectivity index (χ3v) is 6.46. The summed E-state index contributed by atoms with van der Waals surface area (Å²) in [6.45, 7) is 4.60. The van der Waals surface area contributed by atoms with Crippen molar-refractivity contribution in [2.24, 2.45) is 0 Å². The highest BCUT2D eigenvalue weighted by Gasteiger charge is 2.28. The van der Waals surface area contributed by atoms with E-state index >= 15 is 0 Å². The molecule has 0 bridgehead atoms. The first-order chi connectivity index (χ1) is 16.0. The van der Waals surface area contributed by atoms with Gasteiger partial charge in [-0.15, -0.1) is 0 Å². The SMILES string of the molecule is C[C@@H]1CN(Cc2ccc(Cl)cc2)CCN1C(=O)COc1ccc(Cl)cc1CC(=O)NS(C)(=O)=O. The molecule has 0 radical (unpaired) electrons. The van der Waals surface area contributed by atoms with Crippen LogP contribution in [0.1, 0.15) is 18.1 Å². The Bertz CT molecular complexity index is 1140. The van der Waals surface area contributed by atoms with Gasteiger partial charge in [0.1, 0.15) is 5.75 Å². The number of rotatable bonds is 8. The minimum atomic E-state index is -3.68. The van der Waals surface area contributed by atoms with Crippen molar-refractivity contribution < 1.29 is 22.7 Å². The van der Waals surface area contributed by atoms with Gasteiger partial charge in [0, 0.05) is 47.8 Å². The van der Waals surface area contributed by atoms with Gasteiger partial charge in [-0.05, 0) is 42.8 Å². The lowest BCUT2D eigenvalue weighted by Crippen LogP contribution is -2.54. The molecule has 1 N–H and O–H groups in total. The topological polar surface area (TPSA) is 96.0 Å². The summed E-state index contributed by atoms with van der Waals surface area (Å²) in [7, 11) is -3.68. The van der Waals surface area contributed by atoms with Crippen molar-refractivity contribution in [2.75, 3.05) is 32.5 Å². The highest BCUT2D eigenvalue weighted by Crippen LogP contribution is 2.24. The minimum absolute atomic E-state index is 0.00220. The minimum Gasteiger partial charge on any atom is -0.483 e. The van der Waals surface area contributed by atoms with E-state index in [-0.39, 0.29) is 25.0 Å². The Kier molecular flexibility index (Phi) is 8.81. The molecule has 1 fully saturated rings. The van der Waals surface area contributed by atoms with Crippen molar-refractivity contribution in [3.8, 4) is 5.75 Å². The van der Waals surface area contributed by atoms with Crippen molar-refractivity contribution >= 4 is 45.0 Å². The third kappa shape index (κ3) is 7.87. The summed E-state index contributed by atoms with van der Waals surface area (Å²) in [5.74, 6) is -0.582. The smallest absolute Gasteiger partial charge is 0.260 e. The van der Waals surface area contributed by atoms with E-state index in [1.807, 2.05) is 35.9 Å². The van der Waals surface area contributed by atoms with Gasteiger partial charge in [0.05, 0.1) is 12.7 Å². The first-order valence-electron chi connectivity index (χ1n) is 10.7. The van der Waals surface area contributed by atoms with Gasteiger partial charge in [-0.3, -0.25) is 19.2 Å². The molecule has 0 unspecified atom stereocenters. The van der Waals surface area contributed by atoms with E-state index in [9.17, 15) is 18.0 Å². The zero-order valence-corrected chi connectivity index (χ0v) is 21.3. The van der Waals surface area contributed by atoms with Crippen LogP contribution in [0.2, 0.25) is 10.0 Å². The van der Waals surface area contributed by atoms with Crippen LogP contribution < -0.4 is 9.46 Å². The fourth-order valence-corrected chi connectivity index (χ4v) is 4.67. The molecular weight excluding hydrogens is 501 g/mol. The first kappa shape index (κ1) is 26.3. The monoisotopic (exact) mass is 527 g/mol. The number of nitrogens with zero attached hydrogens (tertiary/aromatic N) is 2. The summed E-state index contributed by atoms with van der Waals surface area (Å²) in [5.41, 5.74) is 1.55. The number of hydrogen-bond donors (Lipinski definition) is 1. The lowest BCUT2D eigenvalue weighted by molar-refractivity contribution is -0.138. The molecule has 3 rings (SSSR count). The van der Waals surface area contributed by atoms with Gasteiger partial charge in [-0.25, -0.2) is 8.42 Å². The van der Waals surface area contributed by atoms with Crippen molar-refractivity contribution in [2.45, 2.75) is 25.9 Å². The number of carbonyl (C=O) groups excluding carboxylic acids is 2. The highest BCUT2D eigenvalue weighted by molar-refractivity contribution is 7.89. The number of amides is 2. The van der Waals surface area contributed by atoms with Crippen molar-refractivity contribution in [3.05, 3.63) is 63.6 Å². The molecule has 8 nitrogen and oxygen atoms in total. The van der Waals surface area contributed by atoms with Crippen LogP contribution in [0.3, 0.4) is 0 Å². The van der Waals surface area contributed by atoms with Gasteiger partial charge in [-0.1, -0.05) is 35.3 Å². The molecule has 0 aliphatic carbocycles. The fraction of sp³-hybridized carbons (Fsp3) is 0.391. The van der Waals surface area contributed by atoms with Crippen LogP contribution in [0.4, 0.5) is 0 Å². The number of halogens is 2. The zero-order valence-electron chi connectivity index (χ0n) is 19.0. The molecule has 1 heterocycles. The Morgan fingerprint density at radius 1 is 1.09 bits per heavy atom. The Morgan fingerprint density at radius 2 is 1.76 bits per heavy atom. The van der Waals surface area contributed by atoms with Gasteiger partial charge < -0.3 is 9.64 Å². The predicted molar refractivity (Wildman–Crippen MR) is 132 cm³/mol. The molecule has 1 saturated heterocycles. The molecule has 2 aromatic rings. The molecule has 2 amide bonds. The van der Waals surface area contributed by atoms with E-state index in [1.165, 1.54) is 6.07 Å². The van der Waals surface area contributed by atoms with Gasteiger partial charge in [0.15, 0.2) is 6.61 Å². The van der Waals surface area contributed by atoms with Gasteiger partial charge in [-0.2, -0.15) is 0 Å². The maximum absolute atomic E-state index is 12.9. The average Bonchev–Trinajstić information content (AvgIpc) is 2.73. The second kappa shape index (κ2) is 11.4. The van der Waals surface area contributed by atoms with E-state index < -0.39 is 15.9 Å². The van der Waals surface area contributed by atoms with Gasteiger partial charge in [0.25, 0.3) is 5.91 Å². The summed E-state index contributed by atoms with van der Waals surface area (Å²) in [5, 5.41) is 1.07. The quantitative estimate of drug-likeness (QED) is 0.566. The number of hydrogen-bond acceptors (Lipinski definition) is 6. The molecular formula is C23H27Cl2N3O5S. The van der Waals surface area contributed by atoms with Crippen LogP contribution >= 0.6 is 23.2 Å². The molecule has 1 aliphatic rings. The molecule has 1 atom stereocenters. The number of sulfonamides is 1. The molecule has 11 heteroatoms. The van der Waals surface area contributed by atoms with Crippen molar-refractivity contribution in [1.82, 2.24) is 14.5 Å². The maximum Gasteiger partial charge on any atom is 0.260 e. The molecule has 0 aromatic heterocycles. The summed E-state index contributed by atoms with van der Waals surface area (Å²) < 4.78 is 30.2. The van der Waals surface area contributed by atoms with E-state index in [0.717, 1.165) is 31.5 Å². The fourth-order valence-electron chi connectivity index (χ4n) is 3.86. The van der Waals surface area contributed by atoms with E-state index in [1.54, 1.807) is 17.0 Å². The molecule has 34 heavy (non-hydrogen) atoms. The Hall–Kier alpha value is -2.33. The normalized spacial score (nSPS) is 16.8.